The second kappa shape index (κ2) is 9.26. The van der Waals surface area contributed by atoms with Gasteiger partial charge in [-0.3, -0.25) is 14.3 Å². The van der Waals surface area contributed by atoms with Crippen LogP contribution in [0.4, 0.5) is 0 Å². The van der Waals surface area contributed by atoms with E-state index in [1.807, 2.05) is 48.5 Å². The molecular weight excluding hydrogens is 470 g/mol. The van der Waals surface area contributed by atoms with Crippen molar-refractivity contribution >= 4 is 44.9 Å². The fraction of sp³-hybridized carbons (Fsp3) is 0.308. The summed E-state index contributed by atoms with van der Waals surface area (Å²) in [5.41, 5.74) is 4.26. The van der Waals surface area contributed by atoms with Gasteiger partial charge in [-0.2, -0.15) is 0 Å². The Hall–Kier alpha value is -2.12. The molecule has 5 rings (SSSR count). The summed E-state index contributed by atoms with van der Waals surface area (Å²) in [6, 6.07) is 16.4. The van der Waals surface area contributed by atoms with E-state index in [-0.39, 0.29) is 5.56 Å². The zero-order chi connectivity index (χ0) is 23.1. The van der Waals surface area contributed by atoms with Crippen LogP contribution < -0.4 is 5.56 Å². The van der Waals surface area contributed by atoms with Crippen molar-refractivity contribution in [2.24, 2.45) is 0 Å². The van der Waals surface area contributed by atoms with Crippen molar-refractivity contribution in [3.63, 3.8) is 0 Å². The molecule has 0 atom stereocenters. The second-order valence-electron chi connectivity index (χ2n) is 8.75. The number of benzene rings is 2. The average Bonchev–Trinajstić information content (AvgIpc) is 3.17. The predicted octanol–water partition coefficient (Wildman–Crippen LogP) is 6.47. The summed E-state index contributed by atoms with van der Waals surface area (Å²) in [6.45, 7) is 8.37. The maximum Gasteiger partial charge on any atom is 0.267 e. The molecule has 0 amide bonds. The molecule has 0 unspecified atom stereocenters. The minimum absolute atomic E-state index is 0.0287. The van der Waals surface area contributed by atoms with Crippen LogP contribution >= 0.6 is 34.7 Å². The third-order valence-corrected chi connectivity index (χ3v) is 8.68. The zero-order valence-electron chi connectivity index (χ0n) is 19.0. The first-order chi connectivity index (χ1) is 15.9. The number of thioether (sulfide) groups is 1. The van der Waals surface area contributed by atoms with Gasteiger partial charge in [0, 0.05) is 34.8 Å². The Labute approximate surface area is 207 Å². The molecule has 7 heteroatoms. The van der Waals surface area contributed by atoms with Gasteiger partial charge in [-0.1, -0.05) is 59.3 Å². The summed E-state index contributed by atoms with van der Waals surface area (Å²) in [4.78, 5) is 23.6. The number of hydrogen-bond acceptors (Lipinski definition) is 5. The van der Waals surface area contributed by atoms with Crippen molar-refractivity contribution in [2.45, 2.75) is 50.7 Å². The zero-order valence-corrected chi connectivity index (χ0v) is 21.4. The number of halogens is 1. The Morgan fingerprint density at radius 3 is 2.64 bits per heavy atom. The van der Waals surface area contributed by atoms with Gasteiger partial charge in [-0.15, -0.1) is 11.3 Å². The first kappa shape index (κ1) is 22.7. The molecule has 2 aromatic heterocycles. The van der Waals surface area contributed by atoms with Crippen LogP contribution in [0, 0.1) is 6.92 Å². The molecule has 0 aliphatic carbocycles. The van der Waals surface area contributed by atoms with Crippen molar-refractivity contribution in [3.05, 3.63) is 85.5 Å². The molecular formula is C26H26ClN3OS2. The van der Waals surface area contributed by atoms with Crippen LogP contribution in [0.15, 0.2) is 58.5 Å². The van der Waals surface area contributed by atoms with Crippen LogP contribution in [0.1, 0.15) is 35.4 Å². The molecule has 0 bridgehead atoms. The third-order valence-electron chi connectivity index (χ3n) is 6.21. The Kier molecular flexibility index (Phi) is 6.36. The number of thiophene rings is 1. The number of aryl methyl sites for hydroxylation is 1. The summed E-state index contributed by atoms with van der Waals surface area (Å²) < 4.78 is 1.78. The first-order valence-electron chi connectivity index (χ1n) is 11.2. The van der Waals surface area contributed by atoms with Gasteiger partial charge < -0.3 is 0 Å². The molecule has 0 N–H and O–H groups in total. The van der Waals surface area contributed by atoms with Crippen LogP contribution in [0.2, 0.25) is 5.02 Å². The van der Waals surface area contributed by atoms with Gasteiger partial charge in [-0.25, -0.2) is 4.98 Å². The summed E-state index contributed by atoms with van der Waals surface area (Å²) in [5, 5.41) is 2.23. The van der Waals surface area contributed by atoms with Crippen LogP contribution in [0.3, 0.4) is 0 Å². The topological polar surface area (TPSA) is 38.1 Å². The van der Waals surface area contributed by atoms with E-state index in [0.29, 0.717) is 17.0 Å². The van der Waals surface area contributed by atoms with Gasteiger partial charge in [0.25, 0.3) is 5.56 Å². The summed E-state index contributed by atoms with van der Waals surface area (Å²) in [7, 11) is 0. The van der Waals surface area contributed by atoms with E-state index in [2.05, 4.69) is 25.7 Å². The molecule has 3 heterocycles. The van der Waals surface area contributed by atoms with Crippen LogP contribution in [0.25, 0.3) is 15.9 Å². The lowest BCUT2D eigenvalue weighted by Crippen LogP contribution is -2.35. The Morgan fingerprint density at radius 2 is 1.91 bits per heavy atom. The van der Waals surface area contributed by atoms with E-state index in [1.54, 1.807) is 27.7 Å². The Morgan fingerprint density at radius 1 is 1.15 bits per heavy atom. The molecule has 4 aromatic rings. The van der Waals surface area contributed by atoms with Crippen molar-refractivity contribution in [3.8, 4) is 5.69 Å². The van der Waals surface area contributed by atoms with E-state index in [4.69, 9.17) is 16.6 Å². The van der Waals surface area contributed by atoms with Crippen molar-refractivity contribution in [2.75, 3.05) is 6.54 Å². The van der Waals surface area contributed by atoms with E-state index in [0.717, 1.165) is 51.6 Å². The van der Waals surface area contributed by atoms with Crippen molar-refractivity contribution in [1.29, 1.82) is 0 Å². The van der Waals surface area contributed by atoms with Gasteiger partial charge >= 0.3 is 0 Å². The maximum absolute atomic E-state index is 13.9. The van der Waals surface area contributed by atoms with E-state index in [1.165, 1.54) is 10.4 Å². The highest BCUT2D eigenvalue weighted by molar-refractivity contribution is 7.98. The van der Waals surface area contributed by atoms with E-state index >= 15 is 0 Å². The van der Waals surface area contributed by atoms with E-state index in [9.17, 15) is 4.79 Å². The molecule has 33 heavy (non-hydrogen) atoms. The molecule has 170 valence electrons. The highest BCUT2D eigenvalue weighted by Gasteiger charge is 2.26. The van der Waals surface area contributed by atoms with Gasteiger partial charge in [0.15, 0.2) is 5.16 Å². The predicted molar refractivity (Wildman–Crippen MR) is 140 cm³/mol. The Balaban J connectivity index is 1.64. The molecule has 2 aromatic carbocycles. The summed E-state index contributed by atoms with van der Waals surface area (Å²) >= 11 is 9.63. The molecule has 0 saturated carbocycles. The van der Waals surface area contributed by atoms with Gasteiger partial charge in [-0.05, 0) is 56.5 Å². The van der Waals surface area contributed by atoms with Gasteiger partial charge in [0.2, 0.25) is 0 Å². The molecule has 4 nitrogen and oxygen atoms in total. The average molecular weight is 496 g/mol. The molecule has 0 saturated heterocycles. The fourth-order valence-corrected chi connectivity index (χ4v) is 6.85. The number of aromatic nitrogens is 2. The first-order valence-corrected chi connectivity index (χ1v) is 13.3. The normalized spacial score (nSPS) is 14.2. The number of nitrogens with zero attached hydrogens (tertiary/aromatic N) is 3. The SMILES string of the molecule is Cc1ccc(-n2c(SCc3ccccc3Cl)nc3sc4c(c3c2=O)CCN(C(C)C)C4)cc1. The third kappa shape index (κ3) is 4.37. The molecule has 0 fully saturated rings. The molecule has 0 radical (unpaired) electrons. The lowest BCUT2D eigenvalue weighted by Gasteiger charge is -2.30. The lowest BCUT2D eigenvalue weighted by atomic mass is 10.0. The van der Waals surface area contributed by atoms with Crippen LogP contribution in [-0.4, -0.2) is 27.0 Å². The smallest absolute Gasteiger partial charge is 0.267 e. The summed E-state index contributed by atoms with van der Waals surface area (Å²) in [6.07, 6.45) is 0.893. The van der Waals surface area contributed by atoms with Gasteiger partial charge in [0.1, 0.15) is 4.83 Å². The Bertz CT molecular complexity index is 1380. The largest absolute Gasteiger partial charge is 0.296 e. The van der Waals surface area contributed by atoms with Crippen LogP contribution in [0.5, 0.6) is 0 Å². The molecule has 1 aliphatic rings. The van der Waals surface area contributed by atoms with Crippen molar-refractivity contribution < 1.29 is 0 Å². The van der Waals surface area contributed by atoms with Crippen LogP contribution in [-0.2, 0) is 18.7 Å². The second-order valence-corrected chi connectivity index (χ2v) is 11.2. The van der Waals surface area contributed by atoms with Gasteiger partial charge in [0.05, 0.1) is 11.1 Å². The maximum atomic E-state index is 13.9. The molecule has 0 spiro atoms. The minimum atomic E-state index is 0.0287. The highest BCUT2D eigenvalue weighted by atomic mass is 35.5. The highest BCUT2D eigenvalue weighted by Crippen LogP contribution is 2.35. The van der Waals surface area contributed by atoms with E-state index < -0.39 is 0 Å². The minimum Gasteiger partial charge on any atom is -0.296 e. The lowest BCUT2D eigenvalue weighted by molar-refractivity contribution is 0.206. The molecule has 1 aliphatic heterocycles. The quantitative estimate of drug-likeness (QED) is 0.235. The standard InChI is InChI=1S/C26H26ClN3OS2/c1-16(2)29-13-12-20-22(14-29)33-24-23(20)25(31)30(19-10-8-17(3)9-11-19)26(28-24)32-15-18-6-4-5-7-21(18)27/h4-11,16H,12-15H2,1-3H3. The summed E-state index contributed by atoms with van der Waals surface area (Å²) in [5.74, 6) is 0.649. The number of hydrogen-bond donors (Lipinski definition) is 0. The number of rotatable bonds is 5. The van der Waals surface area contributed by atoms with Crippen molar-refractivity contribution in [1.82, 2.24) is 14.5 Å². The monoisotopic (exact) mass is 495 g/mol. The fourth-order valence-electron chi connectivity index (χ4n) is 4.26. The number of fused-ring (bicyclic) bond motifs is 3.